The van der Waals surface area contributed by atoms with Gasteiger partial charge in [0.1, 0.15) is 11.7 Å². The Morgan fingerprint density at radius 1 is 0.918 bits per heavy atom. The predicted molar refractivity (Wildman–Crippen MR) is 184 cm³/mol. The lowest BCUT2D eigenvalue weighted by atomic mass is 9.77. The van der Waals surface area contributed by atoms with Crippen molar-refractivity contribution >= 4 is 34.9 Å². The zero-order valence-electron chi connectivity index (χ0n) is 29.7. The summed E-state index contributed by atoms with van der Waals surface area (Å²) >= 11 is 0. The minimum Gasteiger partial charge on any atom is -0.344 e. The Morgan fingerprint density at radius 2 is 1.67 bits per heavy atom. The monoisotopic (exact) mass is 676 g/mol. The van der Waals surface area contributed by atoms with Gasteiger partial charge in [-0.2, -0.15) is 0 Å². The van der Waals surface area contributed by atoms with E-state index in [0.29, 0.717) is 31.7 Å². The molecule has 0 radical (unpaired) electrons. The third-order valence-corrected chi connectivity index (χ3v) is 12.0. The number of hydrogen-bond acceptors (Lipinski definition) is 8. The first-order valence-corrected chi connectivity index (χ1v) is 19.1. The highest BCUT2D eigenvalue weighted by Crippen LogP contribution is 2.44. The Hall–Kier alpha value is -3.30. The van der Waals surface area contributed by atoms with Crippen molar-refractivity contribution in [3.63, 3.8) is 0 Å². The molecule has 10 heteroatoms. The molecule has 0 aromatic carbocycles. The number of rotatable bonds is 18. The van der Waals surface area contributed by atoms with E-state index < -0.39 is 29.7 Å². The van der Waals surface area contributed by atoms with E-state index in [2.05, 4.69) is 15.3 Å². The van der Waals surface area contributed by atoms with Crippen LogP contribution in [0.25, 0.3) is 0 Å². The van der Waals surface area contributed by atoms with Crippen molar-refractivity contribution in [3.05, 3.63) is 24.3 Å². The van der Waals surface area contributed by atoms with Crippen molar-refractivity contribution < 1.29 is 28.8 Å². The molecular weight excluding hydrogens is 620 g/mol. The van der Waals surface area contributed by atoms with Crippen molar-refractivity contribution in [3.8, 4) is 0 Å². The van der Waals surface area contributed by atoms with Gasteiger partial charge in [-0.05, 0) is 74.5 Å². The van der Waals surface area contributed by atoms with Crippen molar-refractivity contribution in [1.29, 1.82) is 0 Å². The number of aromatic nitrogens is 2. The van der Waals surface area contributed by atoms with E-state index in [4.69, 9.17) is 0 Å². The number of likely N-dealkylation sites (tertiary alicyclic amines) is 1. The quantitative estimate of drug-likeness (QED) is 0.154. The molecule has 4 fully saturated rings. The standard InChI is InChI=1S/C39H56N4O6/c1-4-10-27(37(47)34(46)19-25-15-16-25)20-33(45)36-29-14-9-13-28(29)23-43(36)39(49)35(24(3)5-2)42-38(48)30(26-11-7-6-8-12-26)21-32(44)31-22-40-17-18-41-31/h17-18,22,24-30,35-36H,4-16,19-21,23H2,1-3H3,(H,42,48)/t24?,27-,28?,29?,30+,35-,36-/m0/s1. The summed E-state index contributed by atoms with van der Waals surface area (Å²) in [6, 6.07) is -1.51. The van der Waals surface area contributed by atoms with Crippen LogP contribution >= 0.6 is 0 Å². The van der Waals surface area contributed by atoms with Crippen molar-refractivity contribution in [2.75, 3.05) is 6.54 Å². The average molecular weight is 677 g/mol. The highest BCUT2D eigenvalue weighted by Gasteiger charge is 2.51. The number of hydrogen-bond donors (Lipinski definition) is 1. The van der Waals surface area contributed by atoms with Gasteiger partial charge >= 0.3 is 0 Å². The van der Waals surface area contributed by atoms with Crippen LogP contribution < -0.4 is 5.32 Å². The number of amides is 2. The summed E-state index contributed by atoms with van der Waals surface area (Å²) in [5.41, 5.74) is 0.227. The fourth-order valence-electron chi connectivity index (χ4n) is 8.77. The third kappa shape index (κ3) is 9.09. The summed E-state index contributed by atoms with van der Waals surface area (Å²) in [5, 5.41) is 3.11. The molecule has 1 aromatic heterocycles. The van der Waals surface area contributed by atoms with Gasteiger partial charge in [0, 0.05) is 50.0 Å². The van der Waals surface area contributed by atoms with Gasteiger partial charge in [0.05, 0.1) is 12.2 Å². The van der Waals surface area contributed by atoms with Crippen LogP contribution in [0.2, 0.25) is 0 Å². The van der Waals surface area contributed by atoms with Crippen molar-refractivity contribution in [2.24, 2.45) is 41.4 Å². The van der Waals surface area contributed by atoms with Gasteiger partial charge in [-0.1, -0.05) is 59.3 Å². The average Bonchev–Trinajstić information content (AvgIpc) is 3.69. The number of carbonyl (C=O) groups is 6. The zero-order chi connectivity index (χ0) is 35.1. The van der Waals surface area contributed by atoms with E-state index in [1.54, 1.807) is 4.90 Å². The Labute approximate surface area is 291 Å². The molecule has 1 aromatic rings. The fraction of sp³-hybridized carbons (Fsp3) is 0.744. The molecular formula is C39H56N4O6. The molecule has 4 aliphatic rings. The van der Waals surface area contributed by atoms with E-state index in [-0.39, 0.29) is 77.8 Å². The predicted octanol–water partition coefficient (Wildman–Crippen LogP) is 5.72. The van der Waals surface area contributed by atoms with Gasteiger partial charge in [0.2, 0.25) is 17.6 Å². The molecule has 1 aliphatic heterocycles. The Morgan fingerprint density at radius 3 is 2.33 bits per heavy atom. The molecule has 1 saturated heterocycles. The largest absolute Gasteiger partial charge is 0.344 e. The molecule has 3 aliphatic carbocycles. The summed E-state index contributed by atoms with van der Waals surface area (Å²) in [6.45, 7) is 6.33. The van der Waals surface area contributed by atoms with Crippen molar-refractivity contribution in [2.45, 2.75) is 136 Å². The second-order valence-electron chi connectivity index (χ2n) is 15.5. The van der Waals surface area contributed by atoms with E-state index in [1.165, 1.54) is 18.6 Å². The van der Waals surface area contributed by atoms with Gasteiger partial charge < -0.3 is 10.2 Å². The highest BCUT2D eigenvalue weighted by atomic mass is 16.2. The first kappa shape index (κ1) is 37.0. The maximum atomic E-state index is 14.6. The van der Waals surface area contributed by atoms with Crippen LogP contribution in [0.15, 0.2) is 18.6 Å². The molecule has 2 amide bonds. The summed E-state index contributed by atoms with van der Waals surface area (Å²) in [7, 11) is 0. The molecule has 3 saturated carbocycles. The van der Waals surface area contributed by atoms with Crippen LogP contribution in [0, 0.1) is 41.4 Å². The maximum absolute atomic E-state index is 14.6. The van der Waals surface area contributed by atoms with Crippen LogP contribution in [-0.2, 0) is 24.0 Å². The molecule has 1 N–H and O–H groups in total. The van der Waals surface area contributed by atoms with Crippen molar-refractivity contribution in [1.82, 2.24) is 20.2 Å². The molecule has 0 spiro atoms. The fourth-order valence-corrected chi connectivity index (χ4v) is 8.77. The lowest BCUT2D eigenvalue weighted by molar-refractivity contribution is -0.145. The summed E-state index contributed by atoms with van der Waals surface area (Å²) in [4.78, 5) is 92.2. The van der Waals surface area contributed by atoms with Crippen LogP contribution in [-0.4, -0.2) is 68.4 Å². The second kappa shape index (κ2) is 17.1. The summed E-state index contributed by atoms with van der Waals surface area (Å²) in [5.74, 6) is -2.66. The SMILES string of the molecule is CCC[C@@H](CC(=O)[C@@H]1C2CCCC2CN1C(=O)[C@@H](NC(=O)[C@H](CC(=O)c1cnccn1)C1CCCCC1)C(C)CC)C(=O)C(=O)CC1CC1. The van der Waals surface area contributed by atoms with Crippen LogP contribution in [0.4, 0.5) is 0 Å². The normalized spacial score (nSPS) is 24.8. The molecule has 268 valence electrons. The lowest BCUT2D eigenvalue weighted by Crippen LogP contribution is -2.56. The van der Waals surface area contributed by atoms with Gasteiger partial charge in [0.15, 0.2) is 17.3 Å². The second-order valence-corrected chi connectivity index (χ2v) is 15.5. The molecule has 10 nitrogen and oxygen atoms in total. The maximum Gasteiger partial charge on any atom is 0.246 e. The van der Waals surface area contributed by atoms with Crippen LogP contribution in [0.5, 0.6) is 0 Å². The zero-order valence-corrected chi connectivity index (χ0v) is 29.7. The van der Waals surface area contributed by atoms with Gasteiger partial charge in [-0.15, -0.1) is 0 Å². The van der Waals surface area contributed by atoms with Crippen LogP contribution in [0.1, 0.15) is 134 Å². The molecule has 2 heterocycles. The highest BCUT2D eigenvalue weighted by molar-refractivity contribution is 6.38. The first-order chi connectivity index (χ1) is 23.6. The number of carbonyl (C=O) groups excluding carboxylic acids is 6. The Balaban J connectivity index is 1.35. The topological polar surface area (TPSA) is 143 Å². The van der Waals surface area contributed by atoms with E-state index in [1.807, 2.05) is 20.8 Å². The van der Waals surface area contributed by atoms with Gasteiger partial charge in [0.25, 0.3) is 0 Å². The number of ketones is 4. The minimum atomic E-state index is -0.850. The number of nitrogens with zero attached hydrogens (tertiary/aromatic N) is 3. The molecule has 5 rings (SSSR count). The van der Waals surface area contributed by atoms with E-state index in [0.717, 1.165) is 64.2 Å². The summed E-state index contributed by atoms with van der Waals surface area (Å²) < 4.78 is 0. The Bertz CT molecular complexity index is 1360. The van der Waals surface area contributed by atoms with E-state index >= 15 is 0 Å². The Kier molecular flexibility index (Phi) is 12.9. The summed E-state index contributed by atoms with van der Waals surface area (Å²) in [6.07, 6.45) is 15.9. The molecule has 7 atom stereocenters. The molecule has 3 unspecified atom stereocenters. The molecule has 0 bridgehead atoms. The van der Waals surface area contributed by atoms with Gasteiger partial charge in [-0.3, -0.25) is 33.8 Å². The van der Waals surface area contributed by atoms with Crippen LogP contribution in [0.3, 0.4) is 0 Å². The third-order valence-electron chi connectivity index (χ3n) is 12.0. The number of Topliss-reactive ketones (excluding diaryl/α,β-unsaturated/α-hetero) is 4. The lowest BCUT2D eigenvalue weighted by Gasteiger charge is -2.35. The number of fused-ring (bicyclic) bond motifs is 1. The van der Waals surface area contributed by atoms with E-state index in [9.17, 15) is 28.8 Å². The first-order valence-electron chi connectivity index (χ1n) is 19.1. The minimum absolute atomic E-state index is 0.00209. The molecule has 49 heavy (non-hydrogen) atoms. The smallest absolute Gasteiger partial charge is 0.246 e. The van der Waals surface area contributed by atoms with Gasteiger partial charge in [-0.25, -0.2) is 4.98 Å². The number of nitrogens with one attached hydrogen (secondary N) is 1.